The molecule has 0 fully saturated rings. The zero-order valence-electron chi connectivity index (χ0n) is 12.8. The lowest BCUT2D eigenvalue weighted by atomic mass is 10.2. The second-order valence-corrected chi connectivity index (χ2v) is 5.27. The first-order valence-corrected chi connectivity index (χ1v) is 6.98. The summed E-state index contributed by atoms with van der Waals surface area (Å²) in [4.78, 5) is 11.6. The molecule has 5 nitrogen and oxygen atoms in total. The van der Waals surface area contributed by atoms with Gasteiger partial charge in [0.1, 0.15) is 5.75 Å². The number of nitrogens with one attached hydrogen (secondary N) is 1. The van der Waals surface area contributed by atoms with Gasteiger partial charge < -0.3 is 14.2 Å². The molecule has 0 aromatic heterocycles. The van der Waals surface area contributed by atoms with Crippen molar-refractivity contribution >= 4 is 23.4 Å². The minimum absolute atomic E-state index is 0.0400. The molecule has 1 amide bonds. The molecule has 0 saturated heterocycles. The average Bonchev–Trinajstić information content (AvgIpc) is 2.35. The van der Waals surface area contributed by atoms with Crippen LogP contribution in [-0.4, -0.2) is 32.1 Å². The van der Waals surface area contributed by atoms with Crippen molar-refractivity contribution in [1.82, 2.24) is 0 Å². The highest BCUT2D eigenvalue weighted by Crippen LogP contribution is 2.34. The van der Waals surface area contributed by atoms with Crippen LogP contribution in [0.15, 0.2) is 12.1 Å². The molecule has 0 spiro atoms. The first-order chi connectivity index (χ1) is 10.6. The number of anilines is 1. The van der Waals surface area contributed by atoms with Crippen LogP contribution >= 0.6 is 11.6 Å². The summed E-state index contributed by atoms with van der Waals surface area (Å²) < 4.78 is 51.4. The first kappa shape index (κ1) is 19.4. The van der Waals surface area contributed by atoms with Crippen LogP contribution in [-0.2, 0) is 16.1 Å². The molecule has 0 aliphatic carbocycles. The number of ether oxygens (including phenoxy) is 3. The minimum Gasteiger partial charge on any atom is -0.482 e. The van der Waals surface area contributed by atoms with E-state index in [0.29, 0.717) is 0 Å². The van der Waals surface area contributed by atoms with E-state index in [1.54, 1.807) is 13.8 Å². The molecule has 23 heavy (non-hydrogen) atoms. The van der Waals surface area contributed by atoms with Gasteiger partial charge >= 0.3 is 12.3 Å². The zero-order valence-corrected chi connectivity index (χ0v) is 13.5. The van der Waals surface area contributed by atoms with E-state index in [4.69, 9.17) is 25.8 Å². The van der Waals surface area contributed by atoms with Crippen LogP contribution in [0.1, 0.15) is 19.4 Å². The van der Waals surface area contributed by atoms with Gasteiger partial charge in [-0.15, -0.1) is 0 Å². The maximum absolute atomic E-state index is 12.3. The maximum atomic E-state index is 12.3. The minimum atomic E-state index is -4.49. The SMILES string of the molecule is COCc1cc(NC(=O)OC(C)C)cc(Cl)c1OCC(F)(F)F. The van der Waals surface area contributed by atoms with E-state index in [0.717, 1.165) is 0 Å². The Bertz CT molecular complexity index is 550. The maximum Gasteiger partial charge on any atom is 0.422 e. The lowest BCUT2D eigenvalue weighted by molar-refractivity contribution is -0.153. The van der Waals surface area contributed by atoms with Crippen LogP contribution in [0.25, 0.3) is 0 Å². The van der Waals surface area contributed by atoms with Gasteiger partial charge in [-0.05, 0) is 26.0 Å². The van der Waals surface area contributed by atoms with Gasteiger partial charge in [0, 0.05) is 18.4 Å². The Morgan fingerprint density at radius 1 is 1.35 bits per heavy atom. The van der Waals surface area contributed by atoms with E-state index in [2.05, 4.69) is 5.32 Å². The topological polar surface area (TPSA) is 56.8 Å². The third-order valence-electron chi connectivity index (χ3n) is 2.39. The molecule has 0 heterocycles. The van der Waals surface area contributed by atoms with Crippen molar-refractivity contribution < 1.29 is 32.2 Å². The molecular weight excluding hydrogens is 339 g/mol. The molecule has 130 valence electrons. The summed E-state index contributed by atoms with van der Waals surface area (Å²) in [7, 11) is 1.37. The van der Waals surface area contributed by atoms with E-state index in [1.165, 1.54) is 19.2 Å². The lowest BCUT2D eigenvalue weighted by Gasteiger charge is -2.16. The molecule has 0 aliphatic heterocycles. The van der Waals surface area contributed by atoms with Gasteiger partial charge in [0.15, 0.2) is 6.61 Å². The summed E-state index contributed by atoms with van der Waals surface area (Å²) >= 11 is 5.95. The number of carbonyl (C=O) groups excluding carboxylic acids is 1. The molecule has 1 rings (SSSR count). The van der Waals surface area contributed by atoms with Crippen molar-refractivity contribution in [2.24, 2.45) is 0 Å². The number of rotatable bonds is 6. The van der Waals surface area contributed by atoms with Crippen LogP contribution in [0.3, 0.4) is 0 Å². The molecule has 0 radical (unpaired) electrons. The van der Waals surface area contributed by atoms with Gasteiger partial charge in [-0.3, -0.25) is 5.32 Å². The summed E-state index contributed by atoms with van der Waals surface area (Å²) in [5, 5.41) is 2.35. The number of hydrogen-bond donors (Lipinski definition) is 1. The van der Waals surface area contributed by atoms with E-state index < -0.39 is 18.9 Å². The summed E-state index contributed by atoms with van der Waals surface area (Å²) in [6, 6.07) is 2.68. The third-order valence-corrected chi connectivity index (χ3v) is 2.67. The van der Waals surface area contributed by atoms with E-state index >= 15 is 0 Å². The number of benzene rings is 1. The highest BCUT2D eigenvalue weighted by atomic mass is 35.5. The fourth-order valence-corrected chi connectivity index (χ4v) is 1.96. The van der Waals surface area contributed by atoms with Gasteiger partial charge in [0.05, 0.1) is 17.7 Å². The Kier molecular flexibility index (Phi) is 6.96. The molecule has 0 atom stereocenters. The average molecular weight is 356 g/mol. The quantitative estimate of drug-likeness (QED) is 0.822. The van der Waals surface area contributed by atoms with Gasteiger partial charge in [-0.25, -0.2) is 4.79 Å². The van der Waals surface area contributed by atoms with Crippen LogP contribution in [0.4, 0.5) is 23.7 Å². The van der Waals surface area contributed by atoms with Gasteiger partial charge in [-0.2, -0.15) is 13.2 Å². The normalized spacial score (nSPS) is 11.5. The van der Waals surface area contributed by atoms with Gasteiger partial charge in [0.25, 0.3) is 0 Å². The smallest absolute Gasteiger partial charge is 0.422 e. The second-order valence-electron chi connectivity index (χ2n) is 4.86. The number of alkyl halides is 3. The summed E-state index contributed by atoms with van der Waals surface area (Å²) in [5.41, 5.74) is 0.524. The predicted octanol–water partition coefficient (Wildman–Crippen LogP) is 4.38. The van der Waals surface area contributed by atoms with E-state index in [9.17, 15) is 18.0 Å². The number of hydrogen-bond acceptors (Lipinski definition) is 4. The zero-order chi connectivity index (χ0) is 17.6. The summed E-state index contributed by atoms with van der Waals surface area (Å²) in [6.07, 6.45) is -5.52. The second kappa shape index (κ2) is 8.26. The Labute approximate surface area is 136 Å². The monoisotopic (exact) mass is 355 g/mol. The lowest BCUT2D eigenvalue weighted by Crippen LogP contribution is -2.20. The summed E-state index contributed by atoms with van der Waals surface area (Å²) in [5.74, 6) is -0.145. The molecule has 0 unspecified atom stereocenters. The number of halogens is 4. The van der Waals surface area contributed by atoms with Crippen LogP contribution < -0.4 is 10.1 Å². The van der Waals surface area contributed by atoms with Crippen LogP contribution in [0.2, 0.25) is 5.02 Å². The Morgan fingerprint density at radius 2 is 2.00 bits per heavy atom. The molecule has 9 heteroatoms. The van der Waals surface area contributed by atoms with Gasteiger partial charge in [-0.1, -0.05) is 11.6 Å². The third kappa shape index (κ3) is 6.96. The fourth-order valence-electron chi connectivity index (χ4n) is 1.66. The van der Waals surface area contributed by atoms with Crippen LogP contribution in [0.5, 0.6) is 5.75 Å². The Balaban J connectivity index is 2.98. The Hall–Kier alpha value is -1.67. The number of methoxy groups -OCH3 is 1. The van der Waals surface area contributed by atoms with Crippen molar-refractivity contribution in [2.75, 3.05) is 19.0 Å². The Morgan fingerprint density at radius 3 is 2.52 bits per heavy atom. The molecule has 0 bridgehead atoms. The highest BCUT2D eigenvalue weighted by molar-refractivity contribution is 6.32. The predicted molar refractivity (Wildman–Crippen MR) is 79.0 cm³/mol. The molecule has 1 N–H and O–H groups in total. The fraction of sp³-hybridized carbons (Fsp3) is 0.500. The summed E-state index contributed by atoms with van der Waals surface area (Å²) in [6.45, 7) is 1.83. The highest BCUT2D eigenvalue weighted by Gasteiger charge is 2.29. The van der Waals surface area contributed by atoms with E-state index in [1.807, 2.05) is 0 Å². The number of carbonyl (C=O) groups is 1. The van der Waals surface area contributed by atoms with Crippen molar-refractivity contribution in [2.45, 2.75) is 32.7 Å². The largest absolute Gasteiger partial charge is 0.482 e. The molecule has 0 aliphatic rings. The van der Waals surface area contributed by atoms with Crippen molar-refractivity contribution in [1.29, 1.82) is 0 Å². The van der Waals surface area contributed by atoms with Gasteiger partial charge in [0.2, 0.25) is 0 Å². The van der Waals surface area contributed by atoms with Crippen molar-refractivity contribution in [3.05, 3.63) is 22.7 Å². The molecule has 1 aromatic carbocycles. The molecule has 0 saturated carbocycles. The standard InChI is InChI=1S/C14H17ClF3NO4/c1-8(2)23-13(20)19-10-4-9(6-21-3)12(11(15)5-10)22-7-14(16,17)18/h4-5,8H,6-7H2,1-3H3,(H,19,20). The molecular formula is C14H17ClF3NO4. The van der Waals surface area contributed by atoms with Crippen LogP contribution in [0, 0.1) is 0 Å². The number of amides is 1. The first-order valence-electron chi connectivity index (χ1n) is 6.61. The van der Waals surface area contributed by atoms with E-state index in [-0.39, 0.29) is 34.7 Å². The molecule has 1 aromatic rings. The van der Waals surface area contributed by atoms with Crippen molar-refractivity contribution in [3.63, 3.8) is 0 Å². The van der Waals surface area contributed by atoms with Crippen molar-refractivity contribution in [3.8, 4) is 5.75 Å².